The molecule has 1 aromatic rings. The molecule has 0 radical (unpaired) electrons. The lowest BCUT2D eigenvalue weighted by Gasteiger charge is -2.27. The maximum atomic E-state index is 13.8. The Hall–Kier alpha value is -1.49. The molecule has 0 aromatic heterocycles. The van der Waals surface area contributed by atoms with Gasteiger partial charge in [0.25, 0.3) is 0 Å². The Labute approximate surface area is 135 Å². The van der Waals surface area contributed by atoms with Crippen molar-refractivity contribution in [2.45, 2.75) is 63.7 Å². The molecular weight excluding hydrogens is 300 g/mol. The number of hydrogen-bond acceptors (Lipinski definition) is 2. The molecule has 2 fully saturated rings. The summed E-state index contributed by atoms with van der Waals surface area (Å²) >= 11 is 0. The Balaban J connectivity index is 1.66. The van der Waals surface area contributed by atoms with Crippen molar-refractivity contribution >= 4 is 5.91 Å². The minimum atomic E-state index is -0.861. The molecule has 3 atom stereocenters. The van der Waals surface area contributed by atoms with Crippen LogP contribution in [0.15, 0.2) is 18.2 Å². The van der Waals surface area contributed by atoms with Crippen LogP contribution in [0.4, 0.5) is 8.78 Å². The molecule has 1 N–H and O–H groups in total. The summed E-state index contributed by atoms with van der Waals surface area (Å²) in [5.41, 5.74) is -0.417. The Morgan fingerprint density at radius 3 is 2.57 bits per heavy atom. The Morgan fingerprint density at radius 2 is 1.96 bits per heavy atom. The molecule has 1 saturated carbocycles. The van der Waals surface area contributed by atoms with Crippen molar-refractivity contribution in [3.05, 3.63) is 35.4 Å². The Kier molecular flexibility index (Phi) is 3.75. The van der Waals surface area contributed by atoms with Gasteiger partial charge in [-0.05, 0) is 58.1 Å². The summed E-state index contributed by atoms with van der Waals surface area (Å²) in [6.45, 7) is 7.93. The van der Waals surface area contributed by atoms with E-state index in [4.69, 9.17) is 4.74 Å². The van der Waals surface area contributed by atoms with Crippen LogP contribution in [0.2, 0.25) is 0 Å². The molecule has 126 valence electrons. The zero-order valence-electron chi connectivity index (χ0n) is 14.0. The van der Waals surface area contributed by atoms with Gasteiger partial charge < -0.3 is 10.1 Å². The lowest BCUT2D eigenvalue weighted by molar-refractivity contribution is -0.125. The van der Waals surface area contributed by atoms with Gasteiger partial charge in [-0.1, -0.05) is 12.1 Å². The zero-order chi connectivity index (χ0) is 17.0. The molecule has 3 nitrogen and oxygen atoms in total. The largest absolute Gasteiger partial charge is 0.367 e. The van der Waals surface area contributed by atoms with Gasteiger partial charge >= 0.3 is 0 Å². The van der Waals surface area contributed by atoms with Crippen LogP contribution in [0, 0.1) is 17.6 Å². The standard InChI is InChI=1S/C18H23F2NO2/c1-17(2)9-14(18(3,4)23-17)21-16(22)12-8-11(12)10-6-5-7-13(19)15(10)20/h5-7,11-12,14H,8-9H2,1-4H3,(H,21,22)/t11-,12+,14+/m1/s1. The van der Waals surface area contributed by atoms with E-state index >= 15 is 0 Å². The molecule has 1 aliphatic carbocycles. The van der Waals surface area contributed by atoms with Gasteiger partial charge in [-0.25, -0.2) is 8.78 Å². The zero-order valence-corrected chi connectivity index (χ0v) is 14.0. The van der Waals surface area contributed by atoms with Gasteiger partial charge in [0.2, 0.25) is 5.91 Å². The van der Waals surface area contributed by atoms with Crippen molar-refractivity contribution < 1.29 is 18.3 Å². The number of benzene rings is 1. The van der Waals surface area contributed by atoms with E-state index in [1.165, 1.54) is 6.07 Å². The first-order valence-corrected chi connectivity index (χ1v) is 8.05. The minimum Gasteiger partial charge on any atom is -0.367 e. The van der Waals surface area contributed by atoms with Crippen molar-refractivity contribution in [3.8, 4) is 0 Å². The van der Waals surface area contributed by atoms with Crippen LogP contribution in [-0.2, 0) is 9.53 Å². The third kappa shape index (κ3) is 3.11. The monoisotopic (exact) mass is 323 g/mol. The number of halogens is 2. The summed E-state index contributed by atoms with van der Waals surface area (Å²) in [4.78, 5) is 12.5. The summed E-state index contributed by atoms with van der Waals surface area (Å²) in [5.74, 6) is -2.31. The number of amides is 1. The van der Waals surface area contributed by atoms with E-state index in [-0.39, 0.29) is 29.4 Å². The normalized spacial score (nSPS) is 31.0. The second-order valence-corrected chi connectivity index (χ2v) is 7.82. The van der Waals surface area contributed by atoms with Crippen LogP contribution in [0.5, 0.6) is 0 Å². The summed E-state index contributed by atoms with van der Waals surface area (Å²) in [5, 5.41) is 3.04. The third-order valence-electron chi connectivity index (χ3n) is 4.90. The molecule has 1 aliphatic heterocycles. The first kappa shape index (κ1) is 16.4. The quantitative estimate of drug-likeness (QED) is 0.924. The minimum absolute atomic E-state index is 0.0800. The lowest BCUT2D eigenvalue weighted by Crippen LogP contribution is -2.46. The number of nitrogens with one attached hydrogen (secondary N) is 1. The van der Waals surface area contributed by atoms with Crippen molar-refractivity contribution in [2.24, 2.45) is 5.92 Å². The van der Waals surface area contributed by atoms with Crippen molar-refractivity contribution in [1.82, 2.24) is 5.32 Å². The van der Waals surface area contributed by atoms with E-state index in [0.29, 0.717) is 12.0 Å². The second kappa shape index (κ2) is 5.26. The van der Waals surface area contributed by atoms with E-state index in [9.17, 15) is 13.6 Å². The highest BCUT2D eigenvalue weighted by Crippen LogP contribution is 2.49. The maximum absolute atomic E-state index is 13.8. The summed E-state index contributed by atoms with van der Waals surface area (Å²) in [7, 11) is 0. The van der Waals surface area contributed by atoms with E-state index in [0.717, 1.165) is 12.5 Å². The Bertz CT molecular complexity index is 642. The van der Waals surface area contributed by atoms with E-state index in [2.05, 4.69) is 5.32 Å². The smallest absolute Gasteiger partial charge is 0.224 e. The summed E-state index contributed by atoms with van der Waals surface area (Å²) in [6, 6.07) is 4.06. The fraction of sp³-hybridized carbons (Fsp3) is 0.611. The van der Waals surface area contributed by atoms with Gasteiger partial charge in [-0.2, -0.15) is 0 Å². The van der Waals surface area contributed by atoms with E-state index in [1.807, 2.05) is 27.7 Å². The molecule has 5 heteroatoms. The molecule has 1 heterocycles. The second-order valence-electron chi connectivity index (χ2n) is 7.82. The maximum Gasteiger partial charge on any atom is 0.224 e. The predicted octanol–water partition coefficient (Wildman–Crippen LogP) is 3.53. The van der Waals surface area contributed by atoms with Crippen LogP contribution in [0.1, 0.15) is 52.0 Å². The average molecular weight is 323 g/mol. The van der Waals surface area contributed by atoms with Crippen molar-refractivity contribution in [2.75, 3.05) is 0 Å². The first-order valence-electron chi connectivity index (χ1n) is 8.05. The molecule has 0 unspecified atom stereocenters. The lowest BCUT2D eigenvalue weighted by atomic mass is 9.94. The summed E-state index contributed by atoms with van der Waals surface area (Å²) < 4.78 is 33.1. The topological polar surface area (TPSA) is 38.3 Å². The molecule has 0 bridgehead atoms. The van der Waals surface area contributed by atoms with E-state index in [1.54, 1.807) is 6.07 Å². The van der Waals surface area contributed by atoms with Gasteiger partial charge in [0.05, 0.1) is 17.2 Å². The van der Waals surface area contributed by atoms with Gasteiger partial charge in [0, 0.05) is 5.92 Å². The fourth-order valence-corrected chi connectivity index (χ4v) is 3.70. The van der Waals surface area contributed by atoms with Crippen molar-refractivity contribution in [1.29, 1.82) is 0 Å². The van der Waals surface area contributed by atoms with E-state index < -0.39 is 17.2 Å². The fourth-order valence-electron chi connectivity index (χ4n) is 3.70. The SMILES string of the molecule is CC1(C)C[C@H](NC(=O)[C@H]2C[C@@H]2c2cccc(F)c2F)C(C)(C)O1. The highest BCUT2D eigenvalue weighted by Gasteiger charge is 2.50. The molecule has 3 rings (SSSR count). The Morgan fingerprint density at radius 1 is 1.26 bits per heavy atom. The predicted molar refractivity (Wildman–Crippen MR) is 83.0 cm³/mol. The van der Waals surface area contributed by atoms with Gasteiger partial charge in [-0.3, -0.25) is 4.79 Å². The number of carbonyl (C=O) groups is 1. The molecule has 1 saturated heterocycles. The highest BCUT2D eigenvalue weighted by atomic mass is 19.2. The summed E-state index contributed by atoms with van der Waals surface area (Å²) in [6.07, 6.45) is 1.29. The van der Waals surface area contributed by atoms with Crippen molar-refractivity contribution in [3.63, 3.8) is 0 Å². The molecule has 1 amide bonds. The number of carbonyl (C=O) groups excluding carboxylic acids is 1. The molecule has 23 heavy (non-hydrogen) atoms. The molecule has 2 aliphatic rings. The molecule has 0 spiro atoms. The third-order valence-corrected chi connectivity index (χ3v) is 4.90. The van der Waals surface area contributed by atoms with Crippen LogP contribution in [-0.4, -0.2) is 23.2 Å². The highest BCUT2D eigenvalue weighted by molar-refractivity contribution is 5.83. The van der Waals surface area contributed by atoms with Crippen LogP contribution < -0.4 is 5.32 Å². The van der Waals surface area contributed by atoms with Gasteiger partial charge in [0.1, 0.15) is 0 Å². The van der Waals surface area contributed by atoms with Crippen LogP contribution in [0.3, 0.4) is 0 Å². The molecule has 1 aromatic carbocycles. The van der Waals surface area contributed by atoms with Crippen LogP contribution >= 0.6 is 0 Å². The van der Waals surface area contributed by atoms with Gasteiger partial charge in [0.15, 0.2) is 11.6 Å². The number of hydrogen-bond donors (Lipinski definition) is 1. The average Bonchev–Trinajstić information content (AvgIpc) is 3.16. The number of ether oxygens (including phenoxy) is 1. The van der Waals surface area contributed by atoms with Crippen LogP contribution in [0.25, 0.3) is 0 Å². The molecular formula is C18H23F2NO2. The first-order chi connectivity index (χ1) is 10.6. The number of rotatable bonds is 3. The van der Waals surface area contributed by atoms with Gasteiger partial charge in [-0.15, -0.1) is 0 Å².